The molecule has 4 rings (SSSR count). The molecule has 10 nitrogen and oxygen atoms in total. The number of hydrogen-bond donors (Lipinski definition) is 0. The first-order valence-corrected chi connectivity index (χ1v) is 9.54. The van der Waals surface area contributed by atoms with Gasteiger partial charge in [-0.05, 0) is 18.1 Å². The number of imidazole rings is 1. The van der Waals surface area contributed by atoms with Crippen LogP contribution in [0.15, 0.2) is 33.9 Å². The fourth-order valence-corrected chi connectivity index (χ4v) is 3.83. The molecule has 0 saturated heterocycles. The molecule has 0 saturated carbocycles. The van der Waals surface area contributed by atoms with Crippen LogP contribution in [0, 0.1) is 5.92 Å². The van der Waals surface area contributed by atoms with E-state index in [-0.39, 0.29) is 17.1 Å². The van der Waals surface area contributed by atoms with Gasteiger partial charge in [-0.15, -0.1) is 0 Å². The minimum atomic E-state index is -0.668. The van der Waals surface area contributed by atoms with Crippen molar-refractivity contribution in [3.8, 4) is 5.75 Å². The number of fused-ring (bicyclic) bond motifs is 3. The third-order valence-corrected chi connectivity index (χ3v) is 5.32. The summed E-state index contributed by atoms with van der Waals surface area (Å²) in [6, 6.07) is 7.59. The summed E-state index contributed by atoms with van der Waals surface area (Å²) in [6.45, 7) is 2.89. The molecule has 1 aliphatic rings. The quantitative estimate of drug-likeness (QED) is 0.585. The highest BCUT2D eigenvalue weighted by Crippen LogP contribution is 2.34. The van der Waals surface area contributed by atoms with Crippen molar-refractivity contribution in [3.05, 3.63) is 45.1 Å². The molecule has 1 aliphatic heterocycles. The van der Waals surface area contributed by atoms with Crippen LogP contribution in [0.3, 0.4) is 0 Å². The number of carbonyl (C=O) groups is 1. The summed E-state index contributed by atoms with van der Waals surface area (Å²) < 4.78 is 14.0. The molecule has 0 N–H and O–H groups in total. The topological polar surface area (TPSA) is 101 Å². The van der Waals surface area contributed by atoms with Gasteiger partial charge < -0.3 is 18.9 Å². The van der Waals surface area contributed by atoms with Gasteiger partial charge in [-0.25, -0.2) is 9.36 Å². The molecule has 158 valence electrons. The molecule has 0 unspecified atom stereocenters. The molecule has 0 radical (unpaired) electrons. The van der Waals surface area contributed by atoms with Crippen LogP contribution in [0.4, 0.5) is 11.6 Å². The largest absolute Gasteiger partial charge is 0.497 e. The lowest BCUT2D eigenvalue weighted by atomic mass is 10.1. The second-order valence-electron chi connectivity index (χ2n) is 7.42. The monoisotopic (exact) mass is 413 g/mol. The maximum Gasteiger partial charge on any atom is 0.333 e. The number of nitrogens with zero attached hydrogens (tertiary/aromatic N) is 5. The zero-order valence-electron chi connectivity index (χ0n) is 17.3. The molecule has 3 heterocycles. The van der Waals surface area contributed by atoms with Crippen LogP contribution in [0.25, 0.3) is 11.2 Å². The average molecular weight is 413 g/mol. The Hall–Kier alpha value is -3.56. The van der Waals surface area contributed by atoms with Gasteiger partial charge in [-0.3, -0.25) is 14.2 Å². The molecule has 0 spiro atoms. The summed E-state index contributed by atoms with van der Waals surface area (Å²) in [6.07, 6.45) is 0. The van der Waals surface area contributed by atoms with Gasteiger partial charge in [0.05, 0.1) is 14.2 Å². The van der Waals surface area contributed by atoms with E-state index in [4.69, 9.17) is 4.74 Å². The Kier molecular flexibility index (Phi) is 4.84. The summed E-state index contributed by atoms with van der Waals surface area (Å²) in [5, 5.41) is 0. The van der Waals surface area contributed by atoms with Crippen molar-refractivity contribution in [2.24, 2.45) is 13.0 Å². The van der Waals surface area contributed by atoms with E-state index in [0.717, 1.165) is 10.3 Å². The Bertz CT molecular complexity index is 1250. The van der Waals surface area contributed by atoms with Gasteiger partial charge in [0, 0.05) is 31.9 Å². The van der Waals surface area contributed by atoms with Crippen molar-refractivity contribution < 1.29 is 14.3 Å². The van der Waals surface area contributed by atoms with E-state index in [1.54, 1.807) is 7.11 Å². The fourth-order valence-electron chi connectivity index (χ4n) is 3.83. The fraction of sp³-hybridized carbons (Fsp3) is 0.400. The molecule has 0 bridgehead atoms. The molecule has 1 atom stereocenters. The van der Waals surface area contributed by atoms with Gasteiger partial charge >= 0.3 is 11.7 Å². The SMILES string of the molecule is COC(=O)Cn1c(=O)c2c(nc3n2C[C@H](C)CN3c2cccc(OC)c2)n(C)c1=O. The van der Waals surface area contributed by atoms with E-state index in [0.29, 0.717) is 24.8 Å². The molecule has 1 aromatic carbocycles. The number of hydrogen-bond acceptors (Lipinski definition) is 7. The van der Waals surface area contributed by atoms with Gasteiger partial charge in [-0.2, -0.15) is 4.98 Å². The number of methoxy groups -OCH3 is 2. The van der Waals surface area contributed by atoms with Crippen LogP contribution < -0.4 is 20.9 Å². The predicted octanol–water partition coefficient (Wildman–Crippen LogP) is 0.866. The first-order valence-electron chi connectivity index (χ1n) is 9.54. The summed E-state index contributed by atoms with van der Waals surface area (Å²) in [5.74, 6) is 0.825. The lowest BCUT2D eigenvalue weighted by molar-refractivity contribution is -0.141. The Labute approximate surface area is 171 Å². The van der Waals surface area contributed by atoms with Gasteiger partial charge in [0.1, 0.15) is 12.3 Å². The third kappa shape index (κ3) is 3.04. The summed E-state index contributed by atoms with van der Waals surface area (Å²) >= 11 is 0. The van der Waals surface area contributed by atoms with Crippen LogP contribution in [0.1, 0.15) is 6.92 Å². The highest BCUT2D eigenvalue weighted by Gasteiger charge is 2.30. The number of carbonyl (C=O) groups excluding carboxylic acids is 1. The van der Waals surface area contributed by atoms with Gasteiger partial charge in [0.25, 0.3) is 5.56 Å². The molecule has 3 aromatic rings. The second kappa shape index (κ2) is 7.36. The molecule has 2 aromatic heterocycles. The Morgan fingerprint density at radius 2 is 2.00 bits per heavy atom. The Morgan fingerprint density at radius 1 is 1.23 bits per heavy atom. The van der Waals surface area contributed by atoms with Crippen molar-refractivity contribution in [2.45, 2.75) is 20.0 Å². The lowest BCUT2D eigenvalue weighted by Gasteiger charge is -2.33. The van der Waals surface area contributed by atoms with Crippen molar-refractivity contribution in [2.75, 3.05) is 25.7 Å². The predicted molar refractivity (Wildman–Crippen MR) is 110 cm³/mol. The summed E-state index contributed by atoms with van der Waals surface area (Å²) in [4.78, 5) is 44.3. The number of anilines is 2. The molecular formula is C20H23N5O5. The number of aryl methyl sites for hydroxylation is 1. The lowest BCUT2D eigenvalue weighted by Crippen LogP contribution is -2.42. The number of aromatic nitrogens is 4. The minimum absolute atomic E-state index is 0.215. The molecule has 0 aliphatic carbocycles. The highest BCUT2D eigenvalue weighted by molar-refractivity contribution is 5.78. The van der Waals surface area contributed by atoms with E-state index in [9.17, 15) is 14.4 Å². The maximum absolute atomic E-state index is 13.2. The van der Waals surface area contributed by atoms with E-state index >= 15 is 0 Å². The second-order valence-corrected chi connectivity index (χ2v) is 7.42. The molecule has 0 fully saturated rings. The normalized spacial score (nSPS) is 15.9. The molecule has 0 amide bonds. The summed E-state index contributed by atoms with van der Waals surface area (Å²) in [5.41, 5.74) is 0.266. The smallest absolute Gasteiger partial charge is 0.333 e. The van der Waals surface area contributed by atoms with E-state index in [1.807, 2.05) is 33.7 Å². The third-order valence-electron chi connectivity index (χ3n) is 5.32. The number of ether oxygens (including phenoxy) is 2. The van der Waals surface area contributed by atoms with Gasteiger partial charge in [0.15, 0.2) is 11.2 Å². The highest BCUT2D eigenvalue weighted by atomic mass is 16.5. The van der Waals surface area contributed by atoms with Crippen molar-refractivity contribution >= 4 is 28.8 Å². The number of benzene rings is 1. The van der Waals surface area contributed by atoms with Crippen molar-refractivity contribution in [3.63, 3.8) is 0 Å². The minimum Gasteiger partial charge on any atom is -0.497 e. The molecule has 30 heavy (non-hydrogen) atoms. The van der Waals surface area contributed by atoms with Crippen LogP contribution in [0.5, 0.6) is 5.75 Å². The van der Waals surface area contributed by atoms with E-state index in [2.05, 4.69) is 16.6 Å². The van der Waals surface area contributed by atoms with E-state index in [1.165, 1.54) is 18.7 Å². The van der Waals surface area contributed by atoms with Crippen molar-refractivity contribution in [1.82, 2.24) is 18.7 Å². The average Bonchev–Trinajstić information content (AvgIpc) is 3.14. The standard InChI is InChI=1S/C20H23N5O5/c1-12-9-23(13-6-5-7-14(8-13)29-3)19-21-17-16(24(19)10-12)18(27)25(11-15(26)30-4)20(28)22(17)2/h5-8,12H,9-11H2,1-4H3/t12-/m1/s1. The van der Waals surface area contributed by atoms with Crippen LogP contribution in [-0.2, 0) is 29.7 Å². The molecule has 10 heteroatoms. The number of rotatable bonds is 4. The summed E-state index contributed by atoms with van der Waals surface area (Å²) in [7, 11) is 4.35. The maximum atomic E-state index is 13.2. The zero-order chi connectivity index (χ0) is 21.6. The van der Waals surface area contributed by atoms with Crippen LogP contribution in [-0.4, -0.2) is 45.4 Å². The van der Waals surface area contributed by atoms with E-state index < -0.39 is 23.8 Å². The van der Waals surface area contributed by atoms with Gasteiger partial charge in [-0.1, -0.05) is 13.0 Å². The van der Waals surface area contributed by atoms with Crippen LogP contribution in [0.2, 0.25) is 0 Å². The Morgan fingerprint density at radius 3 is 2.70 bits per heavy atom. The molecular weight excluding hydrogens is 390 g/mol. The van der Waals surface area contributed by atoms with Crippen molar-refractivity contribution in [1.29, 1.82) is 0 Å². The first kappa shape index (κ1) is 19.7. The number of esters is 1. The van der Waals surface area contributed by atoms with Crippen LogP contribution >= 0.6 is 0 Å². The first-order chi connectivity index (χ1) is 14.3. The van der Waals surface area contributed by atoms with Gasteiger partial charge in [0.2, 0.25) is 5.95 Å². The zero-order valence-corrected chi connectivity index (χ0v) is 17.3. The Balaban J connectivity index is 1.97.